The number of aryl methyl sites for hydroxylation is 1. The van der Waals surface area contributed by atoms with Gasteiger partial charge in [0.2, 0.25) is 10.0 Å². The Morgan fingerprint density at radius 1 is 1.05 bits per heavy atom. The van der Waals surface area contributed by atoms with Crippen LogP contribution in [-0.2, 0) is 16.4 Å². The van der Waals surface area contributed by atoms with Crippen molar-refractivity contribution in [2.24, 2.45) is 0 Å². The van der Waals surface area contributed by atoms with Gasteiger partial charge in [0, 0.05) is 12.0 Å². The molecule has 0 spiro atoms. The lowest BCUT2D eigenvalue weighted by molar-refractivity contribution is 0.0992. The summed E-state index contributed by atoms with van der Waals surface area (Å²) >= 11 is 0. The molecule has 0 saturated carbocycles. The molecule has 21 heavy (non-hydrogen) atoms. The highest BCUT2D eigenvalue weighted by molar-refractivity contribution is 7.89. The number of rotatable bonds is 5. The van der Waals surface area contributed by atoms with Crippen molar-refractivity contribution in [3.63, 3.8) is 0 Å². The molecule has 0 amide bonds. The Morgan fingerprint density at radius 3 is 2.33 bits per heavy atom. The number of sulfonamides is 1. The maximum atomic E-state index is 12.3. The maximum absolute atomic E-state index is 12.3. The quantitative estimate of drug-likeness (QED) is 0.862. The molecule has 0 atom stereocenters. The molecule has 1 N–H and O–H groups in total. The number of benzene rings is 2. The number of carbonyl (C=O) groups is 1. The average molecular weight is 303 g/mol. The molecular formula is C16H17NO3S. The summed E-state index contributed by atoms with van der Waals surface area (Å²) in [4.78, 5) is 12.5. The second kappa shape index (κ2) is 6.20. The molecule has 0 aliphatic rings. The zero-order valence-electron chi connectivity index (χ0n) is 12.0. The topological polar surface area (TPSA) is 63.2 Å². The molecule has 0 bridgehead atoms. The summed E-state index contributed by atoms with van der Waals surface area (Å²) in [6, 6.07) is 14.0. The summed E-state index contributed by atoms with van der Waals surface area (Å²) in [5.74, 6) is -0.103. The minimum Gasteiger partial charge on any atom is -0.294 e. The van der Waals surface area contributed by atoms with Crippen molar-refractivity contribution in [1.29, 1.82) is 0 Å². The summed E-state index contributed by atoms with van der Waals surface area (Å²) in [6.45, 7) is 1.72. The Bertz CT molecular complexity index is 752. The van der Waals surface area contributed by atoms with Gasteiger partial charge >= 0.3 is 0 Å². The van der Waals surface area contributed by atoms with E-state index in [1.807, 2.05) is 6.07 Å². The molecule has 0 aliphatic heterocycles. The highest BCUT2D eigenvalue weighted by Gasteiger charge is 2.20. The van der Waals surface area contributed by atoms with Gasteiger partial charge in [0.05, 0.1) is 4.90 Å². The summed E-state index contributed by atoms with van der Waals surface area (Å²) in [5.41, 5.74) is 1.72. The number of nitrogens with one attached hydrogen (secondary N) is 1. The molecule has 0 aromatic heterocycles. The van der Waals surface area contributed by atoms with Crippen LogP contribution in [0.15, 0.2) is 53.4 Å². The number of carbonyl (C=O) groups excluding carboxylic acids is 1. The number of Topliss-reactive ketones (excluding diaryl/α,β-unsaturated/α-hetero) is 1. The first kappa shape index (κ1) is 15.4. The Labute approximate surface area is 124 Å². The van der Waals surface area contributed by atoms with Gasteiger partial charge in [0.25, 0.3) is 0 Å². The van der Waals surface area contributed by atoms with Gasteiger partial charge in [-0.25, -0.2) is 13.1 Å². The van der Waals surface area contributed by atoms with E-state index in [-0.39, 0.29) is 17.1 Å². The first-order valence-corrected chi connectivity index (χ1v) is 8.04. The normalized spacial score (nSPS) is 11.3. The van der Waals surface area contributed by atoms with Crippen molar-refractivity contribution in [2.45, 2.75) is 18.2 Å². The predicted molar refractivity (Wildman–Crippen MR) is 81.9 cm³/mol. The van der Waals surface area contributed by atoms with E-state index in [1.165, 1.54) is 7.05 Å². The van der Waals surface area contributed by atoms with Crippen LogP contribution in [0.3, 0.4) is 0 Å². The van der Waals surface area contributed by atoms with Crippen molar-refractivity contribution in [1.82, 2.24) is 4.72 Å². The molecule has 5 heteroatoms. The summed E-state index contributed by atoms with van der Waals surface area (Å²) in [5, 5.41) is 0. The summed E-state index contributed by atoms with van der Waals surface area (Å²) < 4.78 is 26.6. The first-order valence-electron chi connectivity index (χ1n) is 6.56. The van der Waals surface area contributed by atoms with Gasteiger partial charge in [-0.1, -0.05) is 48.5 Å². The van der Waals surface area contributed by atoms with E-state index in [9.17, 15) is 13.2 Å². The van der Waals surface area contributed by atoms with Gasteiger partial charge in [-0.3, -0.25) is 4.79 Å². The van der Waals surface area contributed by atoms with E-state index < -0.39 is 10.0 Å². The molecule has 2 rings (SSSR count). The fourth-order valence-corrected chi connectivity index (χ4v) is 3.42. The molecule has 0 saturated heterocycles. The van der Waals surface area contributed by atoms with Crippen molar-refractivity contribution in [3.05, 3.63) is 65.2 Å². The molecule has 0 radical (unpaired) electrons. The number of hydrogen-bond acceptors (Lipinski definition) is 3. The van der Waals surface area contributed by atoms with Crippen LogP contribution in [0.25, 0.3) is 0 Å². The van der Waals surface area contributed by atoms with E-state index in [0.717, 1.165) is 0 Å². The van der Waals surface area contributed by atoms with E-state index >= 15 is 0 Å². The predicted octanol–water partition coefficient (Wildman–Crippen LogP) is 2.33. The third-order valence-corrected chi connectivity index (χ3v) is 4.94. The fourth-order valence-electron chi connectivity index (χ4n) is 2.24. The van der Waals surface area contributed by atoms with Crippen molar-refractivity contribution < 1.29 is 13.2 Å². The molecule has 2 aromatic rings. The number of hydrogen-bond donors (Lipinski definition) is 1. The zero-order valence-corrected chi connectivity index (χ0v) is 12.8. The Kier molecular flexibility index (Phi) is 4.55. The Morgan fingerprint density at radius 2 is 1.71 bits per heavy atom. The number of ketones is 1. The molecule has 0 unspecified atom stereocenters. The van der Waals surface area contributed by atoms with Crippen LogP contribution in [-0.4, -0.2) is 21.2 Å². The average Bonchev–Trinajstić information content (AvgIpc) is 2.48. The summed E-state index contributed by atoms with van der Waals surface area (Å²) in [7, 11) is -2.22. The van der Waals surface area contributed by atoms with E-state index in [0.29, 0.717) is 16.7 Å². The van der Waals surface area contributed by atoms with Crippen LogP contribution >= 0.6 is 0 Å². The minimum atomic E-state index is -3.59. The van der Waals surface area contributed by atoms with Gasteiger partial charge in [-0.05, 0) is 25.1 Å². The van der Waals surface area contributed by atoms with E-state index in [2.05, 4.69) is 4.72 Å². The molecule has 4 nitrogen and oxygen atoms in total. The van der Waals surface area contributed by atoms with Crippen LogP contribution in [0.5, 0.6) is 0 Å². The lowest BCUT2D eigenvalue weighted by Gasteiger charge is -2.12. The Hall–Kier alpha value is -1.98. The first-order chi connectivity index (χ1) is 9.95. The van der Waals surface area contributed by atoms with Crippen LogP contribution in [0.4, 0.5) is 0 Å². The largest absolute Gasteiger partial charge is 0.294 e. The monoisotopic (exact) mass is 303 g/mol. The van der Waals surface area contributed by atoms with Gasteiger partial charge in [-0.15, -0.1) is 0 Å². The molecular weight excluding hydrogens is 286 g/mol. The SMILES string of the molecule is CNS(=O)(=O)c1c(C)cccc1CC(=O)c1ccccc1. The molecule has 2 aromatic carbocycles. The lowest BCUT2D eigenvalue weighted by atomic mass is 10.0. The van der Waals surface area contributed by atoms with Gasteiger partial charge in [0.15, 0.2) is 5.78 Å². The molecule has 110 valence electrons. The second-order valence-electron chi connectivity index (χ2n) is 4.74. The Balaban J connectivity index is 2.42. The van der Waals surface area contributed by atoms with Crippen molar-refractivity contribution >= 4 is 15.8 Å². The van der Waals surface area contributed by atoms with Crippen molar-refractivity contribution in [2.75, 3.05) is 7.05 Å². The van der Waals surface area contributed by atoms with Gasteiger partial charge < -0.3 is 0 Å². The zero-order chi connectivity index (χ0) is 15.5. The van der Waals surface area contributed by atoms with Crippen molar-refractivity contribution in [3.8, 4) is 0 Å². The highest BCUT2D eigenvalue weighted by Crippen LogP contribution is 2.21. The third-order valence-electron chi connectivity index (χ3n) is 3.28. The fraction of sp³-hybridized carbons (Fsp3) is 0.188. The van der Waals surface area contributed by atoms with E-state index in [4.69, 9.17) is 0 Å². The highest BCUT2D eigenvalue weighted by atomic mass is 32.2. The lowest BCUT2D eigenvalue weighted by Crippen LogP contribution is -2.22. The van der Waals surface area contributed by atoms with Crippen LogP contribution in [0.1, 0.15) is 21.5 Å². The third kappa shape index (κ3) is 3.37. The minimum absolute atomic E-state index is 0.0575. The van der Waals surface area contributed by atoms with Gasteiger partial charge in [-0.2, -0.15) is 0 Å². The van der Waals surface area contributed by atoms with Crippen LogP contribution in [0, 0.1) is 6.92 Å². The van der Waals surface area contributed by atoms with Crippen LogP contribution < -0.4 is 4.72 Å². The standard InChI is InChI=1S/C16H17NO3S/c1-12-7-6-10-14(16(12)21(19,20)17-2)11-15(18)13-8-4-3-5-9-13/h3-10,17H,11H2,1-2H3. The second-order valence-corrected chi connectivity index (χ2v) is 6.56. The van der Waals surface area contributed by atoms with Crippen LogP contribution in [0.2, 0.25) is 0 Å². The smallest absolute Gasteiger partial charge is 0.240 e. The summed E-state index contributed by atoms with van der Waals surface area (Å²) in [6.07, 6.45) is 0.0575. The van der Waals surface area contributed by atoms with E-state index in [1.54, 1.807) is 49.4 Å². The molecule has 0 aliphatic carbocycles. The van der Waals surface area contributed by atoms with Gasteiger partial charge in [0.1, 0.15) is 0 Å². The molecule has 0 fully saturated rings. The maximum Gasteiger partial charge on any atom is 0.240 e. The molecule has 0 heterocycles.